The van der Waals surface area contributed by atoms with Crippen molar-refractivity contribution in [3.63, 3.8) is 0 Å². The van der Waals surface area contributed by atoms with Gasteiger partial charge in [-0.2, -0.15) is 0 Å². The van der Waals surface area contributed by atoms with E-state index in [2.05, 4.69) is 18.8 Å². The van der Waals surface area contributed by atoms with Crippen LogP contribution < -0.4 is 11.2 Å². The van der Waals surface area contributed by atoms with Crippen molar-refractivity contribution in [1.29, 1.82) is 0 Å². The molecule has 0 aliphatic heterocycles. The molecular weight excluding hydrogens is 240 g/mol. The summed E-state index contributed by atoms with van der Waals surface area (Å²) in [4.78, 5) is 26.4. The number of rotatable bonds is 4. The minimum absolute atomic E-state index is 0.117. The van der Waals surface area contributed by atoms with E-state index in [1.165, 1.54) is 4.57 Å². The Labute approximate surface area is 106 Å². The molecule has 96 valence electrons. The van der Waals surface area contributed by atoms with Crippen molar-refractivity contribution in [3.05, 3.63) is 31.6 Å². The second-order valence-electron chi connectivity index (χ2n) is 4.73. The lowest BCUT2D eigenvalue weighted by Gasteiger charge is -2.17. The molecule has 4 nitrogen and oxygen atoms in total. The number of H-pyrrole nitrogens is 1. The second kappa shape index (κ2) is 5.54. The first-order valence-corrected chi connectivity index (χ1v) is 6.29. The van der Waals surface area contributed by atoms with Crippen molar-refractivity contribution >= 4 is 11.6 Å². The lowest BCUT2D eigenvalue weighted by molar-refractivity contribution is 0.404. The van der Waals surface area contributed by atoms with Crippen LogP contribution in [-0.4, -0.2) is 9.55 Å². The Morgan fingerprint density at radius 3 is 2.35 bits per heavy atom. The van der Waals surface area contributed by atoms with Crippen LogP contribution >= 0.6 is 11.6 Å². The van der Waals surface area contributed by atoms with Gasteiger partial charge < -0.3 is 0 Å². The topological polar surface area (TPSA) is 54.9 Å². The van der Waals surface area contributed by atoms with E-state index in [1.54, 1.807) is 0 Å². The van der Waals surface area contributed by atoms with Gasteiger partial charge in [0, 0.05) is 6.04 Å². The van der Waals surface area contributed by atoms with E-state index in [0.29, 0.717) is 17.9 Å². The molecule has 17 heavy (non-hydrogen) atoms. The number of hydrogen-bond acceptors (Lipinski definition) is 2. The van der Waals surface area contributed by atoms with Gasteiger partial charge in [0.15, 0.2) is 0 Å². The summed E-state index contributed by atoms with van der Waals surface area (Å²) >= 11 is 5.85. The molecule has 1 heterocycles. The molecule has 1 atom stereocenters. The van der Waals surface area contributed by atoms with Crippen molar-refractivity contribution in [2.45, 2.75) is 46.6 Å². The molecule has 0 radical (unpaired) electrons. The molecule has 0 fully saturated rings. The average Bonchev–Trinajstić information content (AvgIpc) is 2.15. The first-order valence-electron chi connectivity index (χ1n) is 5.91. The second-order valence-corrected chi connectivity index (χ2v) is 5.11. The Morgan fingerprint density at radius 1 is 1.29 bits per heavy atom. The molecule has 0 aliphatic rings. The van der Waals surface area contributed by atoms with Crippen molar-refractivity contribution < 1.29 is 0 Å². The van der Waals surface area contributed by atoms with Crippen LogP contribution in [0.1, 0.15) is 45.7 Å². The molecule has 0 saturated carbocycles. The fourth-order valence-corrected chi connectivity index (χ4v) is 2.35. The van der Waals surface area contributed by atoms with Gasteiger partial charge in [-0.1, -0.05) is 32.4 Å². The quantitative estimate of drug-likeness (QED) is 0.843. The molecule has 1 N–H and O–H groups in total. The van der Waals surface area contributed by atoms with E-state index in [-0.39, 0.29) is 16.8 Å². The van der Waals surface area contributed by atoms with Gasteiger partial charge in [-0.3, -0.25) is 14.3 Å². The van der Waals surface area contributed by atoms with Gasteiger partial charge in [0.05, 0.1) is 5.56 Å². The van der Waals surface area contributed by atoms with Gasteiger partial charge >= 0.3 is 5.69 Å². The van der Waals surface area contributed by atoms with Gasteiger partial charge in [0.2, 0.25) is 0 Å². The van der Waals surface area contributed by atoms with E-state index >= 15 is 0 Å². The Hall–Kier alpha value is -1.03. The highest BCUT2D eigenvalue weighted by Gasteiger charge is 2.16. The molecule has 0 saturated heterocycles. The van der Waals surface area contributed by atoms with Crippen LogP contribution in [0.25, 0.3) is 0 Å². The lowest BCUT2D eigenvalue weighted by Crippen LogP contribution is -2.39. The maximum Gasteiger partial charge on any atom is 0.329 e. The zero-order chi connectivity index (χ0) is 13.2. The third-order valence-electron chi connectivity index (χ3n) is 2.78. The zero-order valence-corrected chi connectivity index (χ0v) is 11.5. The molecule has 0 bridgehead atoms. The van der Waals surface area contributed by atoms with Crippen LogP contribution in [0.15, 0.2) is 9.59 Å². The summed E-state index contributed by atoms with van der Waals surface area (Å²) < 4.78 is 1.27. The molecule has 0 aromatic carbocycles. The normalized spacial score (nSPS) is 13.1. The molecule has 1 rings (SSSR count). The fraction of sp³-hybridized carbons (Fsp3) is 0.667. The first kappa shape index (κ1) is 14.0. The highest BCUT2D eigenvalue weighted by atomic mass is 35.5. The first-order chi connectivity index (χ1) is 7.88. The Bertz CT molecular complexity index is 502. The minimum atomic E-state index is -0.426. The maximum absolute atomic E-state index is 12.1. The predicted octanol–water partition coefficient (Wildman–Crippen LogP) is 2.36. The average molecular weight is 259 g/mol. The monoisotopic (exact) mass is 258 g/mol. The summed E-state index contributed by atoms with van der Waals surface area (Å²) in [5.74, 6) is 0.428. The third kappa shape index (κ3) is 3.00. The summed E-state index contributed by atoms with van der Waals surface area (Å²) in [6.45, 7) is 7.85. The van der Waals surface area contributed by atoms with Gasteiger partial charge in [-0.05, 0) is 25.7 Å². The zero-order valence-electron chi connectivity index (χ0n) is 10.7. The highest BCUT2D eigenvalue weighted by Crippen LogP contribution is 2.14. The number of nitrogens with zero attached hydrogens (tertiary/aromatic N) is 1. The van der Waals surface area contributed by atoms with Crippen LogP contribution in [0.5, 0.6) is 0 Å². The Morgan fingerprint density at radius 2 is 1.88 bits per heavy atom. The van der Waals surface area contributed by atoms with Crippen LogP contribution in [-0.2, 0) is 6.42 Å². The van der Waals surface area contributed by atoms with Crippen molar-refractivity contribution in [2.75, 3.05) is 0 Å². The predicted molar refractivity (Wildman–Crippen MR) is 69.9 cm³/mol. The SMILES string of the molecule is CCc1c(Cl)[nH]c(=O)n(C(C)CC(C)C)c1=O. The largest absolute Gasteiger partial charge is 0.329 e. The van der Waals surface area contributed by atoms with Crippen molar-refractivity contribution in [1.82, 2.24) is 9.55 Å². The molecular formula is C12H19ClN2O2. The molecule has 1 unspecified atom stereocenters. The van der Waals surface area contributed by atoms with E-state index in [1.807, 2.05) is 13.8 Å². The van der Waals surface area contributed by atoms with Crippen LogP contribution in [0, 0.1) is 5.92 Å². The number of aromatic nitrogens is 2. The standard InChI is InChI=1S/C12H19ClN2O2/c1-5-9-10(13)14-12(17)15(11(9)16)8(4)6-7(2)3/h7-8H,5-6H2,1-4H3,(H,14,17). The minimum Gasteiger partial charge on any atom is -0.297 e. The molecule has 1 aromatic heterocycles. The summed E-state index contributed by atoms with van der Waals surface area (Å²) in [7, 11) is 0. The molecule has 5 heteroatoms. The van der Waals surface area contributed by atoms with Gasteiger partial charge in [-0.25, -0.2) is 4.79 Å². The van der Waals surface area contributed by atoms with E-state index in [0.717, 1.165) is 6.42 Å². The third-order valence-corrected chi connectivity index (χ3v) is 3.11. The maximum atomic E-state index is 12.1. The van der Waals surface area contributed by atoms with Gasteiger partial charge in [-0.15, -0.1) is 0 Å². The molecule has 1 aromatic rings. The van der Waals surface area contributed by atoms with E-state index in [4.69, 9.17) is 11.6 Å². The molecule has 0 spiro atoms. The van der Waals surface area contributed by atoms with Gasteiger partial charge in [0.25, 0.3) is 5.56 Å². The lowest BCUT2D eigenvalue weighted by atomic mass is 10.1. The Balaban J connectivity index is 3.34. The summed E-state index contributed by atoms with van der Waals surface area (Å²) in [6, 6.07) is -0.117. The molecule has 0 amide bonds. The van der Waals surface area contributed by atoms with Crippen molar-refractivity contribution in [3.8, 4) is 0 Å². The van der Waals surface area contributed by atoms with Crippen LogP contribution in [0.4, 0.5) is 0 Å². The van der Waals surface area contributed by atoms with Crippen molar-refractivity contribution in [2.24, 2.45) is 5.92 Å². The summed E-state index contributed by atoms with van der Waals surface area (Å²) in [5.41, 5.74) is -0.221. The van der Waals surface area contributed by atoms with E-state index in [9.17, 15) is 9.59 Å². The number of nitrogens with one attached hydrogen (secondary N) is 1. The molecule has 0 aliphatic carbocycles. The van der Waals surface area contributed by atoms with Crippen LogP contribution in [0.3, 0.4) is 0 Å². The summed E-state index contributed by atoms with van der Waals surface area (Å²) in [5, 5.41) is 0.162. The van der Waals surface area contributed by atoms with Crippen LogP contribution in [0.2, 0.25) is 5.15 Å². The highest BCUT2D eigenvalue weighted by molar-refractivity contribution is 6.30. The Kier molecular flexibility index (Phi) is 4.57. The number of halogens is 1. The number of aromatic amines is 1. The fourth-order valence-electron chi connectivity index (χ4n) is 2.06. The van der Waals surface area contributed by atoms with Gasteiger partial charge in [0.1, 0.15) is 5.15 Å². The summed E-state index contributed by atoms with van der Waals surface area (Å²) in [6.07, 6.45) is 1.30. The smallest absolute Gasteiger partial charge is 0.297 e. The number of hydrogen-bond donors (Lipinski definition) is 1. The van der Waals surface area contributed by atoms with E-state index < -0.39 is 5.69 Å².